The molecule has 1 fully saturated rings. The number of amides is 1. The maximum absolute atomic E-state index is 13.5. The molecule has 1 aromatic carbocycles. The number of nitrogens with zero attached hydrogens (tertiary/aromatic N) is 2. The Morgan fingerprint density at radius 2 is 2.12 bits per heavy atom. The molecular formula is C23H32N2O6S. The molecule has 3 rings (SSSR count). The van der Waals surface area contributed by atoms with Crippen LogP contribution in [0, 0.1) is 23.7 Å². The van der Waals surface area contributed by atoms with E-state index in [0.717, 1.165) is 12.8 Å². The number of benzene rings is 1. The van der Waals surface area contributed by atoms with Gasteiger partial charge in [0.1, 0.15) is 23.4 Å². The summed E-state index contributed by atoms with van der Waals surface area (Å²) in [5.74, 6) is 6.48. The van der Waals surface area contributed by atoms with Crippen molar-refractivity contribution >= 4 is 15.9 Å². The average molecular weight is 465 g/mol. The largest absolute Gasteiger partial charge is 0.487 e. The SMILES string of the molecule is COCC(=O)N(C)C[C@H]1Oc2cc(C#CC3CC3)ccc2S(=O)(=O)N([C@@H](C)CO)C[C@H]1C. The Balaban J connectivity index is 2.01. The normalized spacial score (nSPS) is 23.5. The van der Waals surface area contributed by atoms with Gasteiger partial charge in [0.2, 0.25) is 15.9 Å². The molecule has 0 spiro atoms. The number of carbonyl (C=O) groups is 1. The molecular weight excluding hydrogens is 432 g/mol. The van der Waals surface area contributed by atoms with Crippen LogP contribution >= 0.6 is 0 Å². The number of rotatable bonds is 6. The fourth-order valence-electron chi connectivity index (χ4n) is 3.54. The number of aliphatic hydroxyl groups is 1. The highest BCUT2D eigenvalue weighted by molar-refractivity contribution is 7.89. The fraction of sp³-hybridized carbons (Fsp3) is 0.609. The monoisotopic (exact) mass is 464 g/mol. The minimum Gasteiger partial charge on any atom is -0.487 e. The fourth-order valence-corrected chi connectivity index (χ4v) is 5.37. The molecule has 1 heterocycles. The minimum absolute atomic E-state index is 0.0394. The Hall–Kier alpha value is -2.12. The van der Waals surface area contributed by atoms with Crippen LogP contribution < -0.4 is 4.74 Å². The second kappa shape index (κ2) is 10.2. The standard InChI is InChI=1S/C23H32N2O6S/c1-16-12-25(17(2)14-26)32(28,29)22-10-9-19(8-7-18-5-6-18)11-20(22)31-21(16)13-24(3)23(27)15-30-4/h9-11,16-18,21,26H,5-6,12-15H2,1-4H3/t16-,17+,21-/m1/s1. The maximum atomic E-state index is 13.5. The Kier molecular flexibility index (Phi) is 7.83. The Morgan fingerprint density at radius 1 is 1.41 bits per heavy atom. The zero-order valence-electron chi connectivity index (χ0n) is 19.1. The van der Waals surface area contributed by atoms with Crippen molar-refractivity contribution in [3.8, 4) is 17.6 Å². The van der Waals surface area contributed by atoms with Crippen molar-refractivity contribution in [2.45, 2.75) is 43.7 Å². The quantitative estimate of drug-likeness (QED) is 0.638. The lowest BCUT2D eigenvalue weighted by Crippen LogP contribution is -2.50. The Labute approximate surface area is 190 Å². The van der Waals surface area contributed by atoms with Gasteiger partial charge < -0.3 is 19.5 Å². The summed E-state index contributed by atoms with van der Waals surface area (Å²) in [6, 6.07) is 4.26. The number of aliphatic hydroxyl groups excluding tert-OH is 1. The Bertz CT molecular complexity index is 995. The van der Waals surface area contributed by atoms with E-state index in [-0.39, 0.29) is 48.8 Å². The van der Waals surface area contributed by atoms with Crippen LogP contribution in [0.25, 0.3) is 0 Å². The summed E-state index contributed by atoms with van der Waals surface area (Å²) >= 11 is 0. The van der Waals surface area contributed by atoms with E-state index in [2.05, 4.69) is 11.8 Å². The lowest BCUT2D eigenvalue weighted by Gasteiger charge is -2.37. The lowest BCUT2D eigenvalue weighted by atomic mass is 10.0. The number of hydrogen-bond acceptors (Lipinski definition) is 6. The van der Waals surface area contributed by atoms with E-state index in [4.69, 9.17) is 9.47 Å². The molecule has 1 aliphatic carbocycles. The van der Waals surface area contributed by atoms with Gasteiger partial charge in [-0.25, -0.2) is 8.42 Å². The van der Waals surface area contributed by atoms with Crippen molar-refractivity contribution in [2.24, 2.45) is 11.8 Å². The van der Waals surface area contributed by atoms with Crippen LogP contribution in [0.2, 0.25) is 0 Å². The predicted molar refractivity (Wildman–Crippen MR) is 120 cm³/mol. The number of ether oxygens (including phenoxy) is 2. The van der Waals surface area contributed by atoms with Gasteiger partial charge in [-0.3, -0.25) is 4.79 Å². The molecule has 32 heavy (non-hydrogen) atoms. The summed E-state index contributed by atoms with van der Waals surface area (Å²) in [5.41, 5.74) is 0.684. The minimum atomic E-state index is -3.90. The van der Waals surface area contributed by atoms with E-state index in [1.54, 1.807) is 26.1 Å². The van der Waals surface area contributed by atoms with Crippen LogP contribution in [0.15, 0.2) is 23.1 Å². The average Bonchev–Trinajstić information content (AvgIpc) is 3.58. The van der Waals surface area contributed by atoms with Crippen LogP contribution in [0.3, 0.4) is 0 Å². The number of methoxy groups -OCH3 is 1. The molecule has 1 aromatic rings. The number of carbonyl (C=O) groups excluding carboxylic acids is 1. The molecule has 0 bridgehead atoms. The van der Waals surface area contributed by atoms with E-state index < -0.39 is 22.2 Å². The van der Waals surface area contributed by atoms with Crippen LogP contribution in [0.1, 0.15) is 32.3 Å². The molecule has 2 aliphatic rings. The molecule has 0 aromatic heterocycles. The van der Waals surface area contributed by atoms with Gasteiger partial charge in [-0.15, -0.1) is 0 Å². The first-order valence-corrected chi connectivity index (χ1v) is 12.3. The summed E-state index contributed by atoms with van der Waals surface area (Å²) in [4.78, 5) is 13.8. The highest BCUT2D eigenvalue weighted by atomic mass is 32.2. The van der Waals surface area contributed by atoms with Crippen molar-refractivity contribution < 1.29 is 27.8 Å². The van der Waals surface area contributed by atoms with Crippen molar-refractivity contribution in [3.63, 3.8) is 0 Å². The van der Waals surface area contributed by atoms with Gasteiger partial charge in [0, 0.05) is 44.1 Å². The molecule has 3 atom stereocenters. The summed E-state index contributed by atoms with van der Waals surface area (Å²) in [6.45, 7) is 3.63. The lowest BCUT2D eigenvalue weighted by molar-refractivity contribution is -0.135. The molecule has 0 unspecified atom stereocenters. The van der Waals surface area contributed by atoms with E-state index in [9.17, 15) is 18.3 Å². The highest BCUT2D eigenvalue weighted by Crippen LogP contribution is 2.34. The molecule has 1 aliphatic heterocycles. The first-order chi connectivity index (χ1) is 15.2. The van der Waals surface area contributed by atoms with Crippen LogP contribution in [0.5, 0.6) is 5.75 Å². The number of sulfonamides is 1. The summed E-state index contributed by atoms with van der Waals surface area (Å²) in [5, 5.41) is 9.71. The van der Waals surface area contributed by atoms with Gasteiger partial charge in [0.15, 0.2) is 0 Å². The van der Waals surface area contributed by atoms with Gasteiger partial charge >= 0.3 is 0 Å². The molecule has 0 saturated heterocycles. The van der Waals surface area contributed by atoms with Crippen LogP contribution in [-0.4, -0.2) is 81.2 Å². The van der Waals surface area contributed by atoms with Crippen LogP contribution in [-0.2, 0) is 19.6 Å². The molecule has 8 nitrogen and oxygen atoms in total. The molecule has 1 saturated carbocycles. The maximum Gasteiger partial charge on any atom is 0.248 e. The van der Waals surface area contributed by atoms with Crippen molar-refractivity contribution in [1.82, 2.24) is 9.21 Å². The first kappa shape index (κ1) is 24.5. The van der Waals surface area contributed by atoms with Crippen molar-refractivity contribution in [3.05, 3.63) is 23.8 Å². The van der Waals surface area contributed by atoms with Gasteiger partial charge in [-0.05, 0) is 38.0 Å². The summed E-state index contributed by atoms with van der Waals surface area (Å²) in [6.07, 6.45) is 1.73. The molecule has 1 N–H and O–H groups in total. The molecule has 1 amide bonds. The van der Waals surface area contributed by atoms with Gasteiger partial charge in [-0.1, -0.05) is 18.8 Å². The second-order valence-corrected chi connectivity index (χ2v) is 10.5. The smallest absolute Gasteiger partial charge is 0.248 e. The third-order valence-electron chi connectivity index (χ3n) is 5.81. The molecule has 9 heteroatoms. The third-order valence-corrected chi connectivity index (χ3v) is 7.83. The first-order valence-electron chi connectivity index (χ1n) is 10.8. The van der Waals surface area contributed by atoms with E-state index in [1.807, 2.05) is 6.92 Å². The highest BCUT2D eigenvalue weighted by Gasteiger charge is 2.38. The topological polar surface area (TPSA) is 96.4 Å². The summed E-state index contributed by atoms with van der Waals surface area (Å²) < 4.78 is 39.4. The molecule has 0 radical (unpaired) electrons. The Morgan fingerprint density at radius 3 is 2.75 bits per heavy atom. The molecule has 176 valence electrons. The van der Waals surface area contributed by atoms with Gasteiger partial charge in [0.25, 0.3) is 0 Å². The van der Waals surface area contributed by atoms with Gasteiger partial charge in [0.05, 0.1) is 13.2 Å². The van der Waals surface area contributed by atoms with E-state index >= 15 is 0 Å². The third kappa shape index (κ3) is 5.62. The van der Waals surface area contributed by atoms with E-state index in [0.29, 0.717) is 11.5 Å². The number of hydrogen-bond donors (Lipinski definition) is 1. The predicted octanol–water partition coefficient (Wildman–Crippen LogP) is 1.32. The number of fused-ring (bicyclic) bond motifs is 1. The van der Waals surface area contributed by atoms with Gasteiger partial charge in [-0.2, -0.15) is 4.31 Å². The zero-order valence-corrected chi connectivity index (χ0v) is 19.9. The summed E-state index contributed by atoms with van der Waals surface area (Å²) in [7, 11) is -0.775. The van der Waals surface area contributed by atoms with E-state index in [1.165, 1.54) is 22.4 Å². The van der Waals surface area contributed by atoms with Crippen molar-refractivity contribution in [2.75, 3.05) is 40.5 Å². The van der Waals surface area contributed by atoms with Crippen LogP contribution in [0.4, 0.5) is 0 Å². The second-order valence-electron chi connectivity index (χ2n) is 8.65. The zero-order chi connectivity index (χ0) is 23.5. The number of likely N-dealkylation sites (N-methyl/N-ethyl adjacent to an activating group) is 1. The van der Waals surface area contributed by atoms with Crippen molar-refractivity contribution in [1.29, 1.82) is 0 Å².